The highest BCUT2D eigenvalue weighted by atomic mass is 14.9. The highest BCUT2D eigenvalue weighted by Crippen LogP contribution is 2.31. The molecule has 2 rings (SSSR count). The van der Waals surface area contributed by atoms with Gasteiger partial charge in [0.25, 0.3) is 0 Å². The van der Waals surface area contributed by atoms with Gasteiger partial charge in [-0.25, -0.2) is 0 Å². The van der Waals surface area contributed by atoms with E-state index >= 15 is 0 Å². The van der Waals surface area contributed by atoms with Crippen molar-refractivity contribution >= 4 is 0 Å². The maximum absolute atomic E-state index is 4.19. The molecule has 1 unspecified atom stereocenters. The molecular weight excluding hydrogens is 208 g/mol. The molecule has 0 aromatic carbocycles. The molecule has 2 aliphatic heterocycles. The number of rotatable bonds is 5. The van der Waals surface area contributed by atoms with E-state index in [0.717, 1.165) is 24.2 Å². The van der Waals surface area contributed by atoms with Crippen molar-refractivity contribution in [3.63, 3.8) is 0 Å². The topological polar surface area (TPSA) is 24.1 Å². The predicted octanol–water partition coefficient (Wildman–Crippen LogP) is 2.61. The lowest BCUT2D eigenvalue weighted by Crippen LogP contribution is -2.32. The molecule has 2 nitrogen and oxygen atoms in total. The number of piperidine rings is 2. The fraction of sp³-hybridized carbons (Fsp3) is 0.933. The van der Waals surface area contributed by atoms with Gasteiger partial charge < -0.3 is 10.6 Å². The first-order valence-electron chi connectivity index (χ1n) is 7.61. The molecule has 0 aromatic heterocycles. The molecule has 2 fully saturated rings. The molecule has 0 bridgehead atoms. The van der Waals surface area contributed by atoms with Crippen LogP contribution in [-0.4, -0.2) is 26.2 Å². The Morgan fingerprint density at radius 3 is 2.12 bits per heavy atom. The molecular formula is C15H29N2. The zero-order chi connectivity index (χ0) is 11.9. The molecule has 2 N–H and O–H groups in total. The molecule has 2 aliphatic rings. The highest BCUT2D eigenvalue weighted by molar-refractivity contribution is 4.78. The van der Waals surface area contributed by atoms with Gasteiger partial charge in [0, 0.05) is 0 Å². The Morgan fingerprint density at radius 2 is 1.53 bits per heavy atom. The Bertz CT molecular complexity index is 193. The summed E-state index contributed by atoms with van der Waals surface area (Å²) >= 11 is 0. The normalized spacial score (nSPS) is 25.9. The highest BCUT2D eigenvalue weighted by Gasteiger charge is 2.23. The van der Waals surface area contributed by atoms with Gasteiger partial charge in [0.1, 0.15) is 0 Å². The van der Waals surface area contributed by atoms with Crippen molar-refractivity contribution in [3.8, 4) is 0 Å². The van der Waals surface area contributed by atoms with E-state index in [1.807, 2.05) is 0 Å². The molecule has 1 radical (unpaired) electrons. The van der Waals surface area contributed by atoms with Crippen molar-refractivity contribution in [3.05, 3.63) is 6.92 Å². The van der Waals surface area contributed by atoms with Crippen molar-refractivity contribution in [2.24, 2.45) is 17.8 Å². The predicted molar refractivity (Wildman–Crippen MR) is 73.9 cm³/mol. The van der Waals surface area contributed by atoms with Gasteiger partial charge >= 0.3 is 0 Å². The van der Waals surface area contributed by atoms with Crippen molar-refractivity contribution < 1.29 is 0 Å². The second kappa shape index (κ2) is 7.38. The Kier molecular flexibility index (Phi) is 5.79. The Labute approximate surface area is 107 Å². The van der Waals surface area contributed by atoms with Crippen LogP contribution < -0.4 is 10.6 Å². The van der Waals surface area contributed by atoms with E-state index in [4.69, 9.17) is 0 Å². The fourth-order valence-corrected chi connectivity index (χ4v) is 3.55. The fourth-order valence-electron chi connectivity index (χ4n) is 3.55. The SMILES string of the molecule is [CH2]CC(CCC1CCNCC1)C1CCNCC1. The Morgan fingerprint density at radius 1 is 0.941 bits per heavy atom. The van der Waals surface area contributed by atoms with Crippen LogP contribution in [0.2, 0.25) is 0 Å². The van der Waals surface area contributed by atoms with E-state index in [2.05, 4.69) is 17.6 Å². The Hall–Kier alpha value is -0.0800. The number of hydrogen-bond acceptors (Lipinski definition) is 2. The average molecular weight is 237 g/mol. The van der Waals surface area contributed by atoms with E-state index in [9.17, 15) is 0 Å². The molecule has 17 heavy (non-hydrogen) atoms. The first-order valence-corrected chi connectivity index (χ1v) is 7.61. The summed E-state index contributed by atoms with van der Waals surface area (Å²) in [4.78, 5) is 0. The summed E-state index contributed by atoms with van der Waals surface area (Å²) in [6.45, 7) is 9.14. The number of hydrogen-bond donors (Lipinski definition) is 2. The van der Waals surface area contributed by atoms with Crippen LogP contribution in [0.5, 0.6) is 0 Å². The first-order chi connectivity index (χ1) is 8.40. The average Bonchev–Trinajstić information content (AvgIpc) is 2.42. The maximum Gasteiger partial charge on any atom is -0.00462 e. The Balaban J connectivity index is 1.70. The molecule has 1 atom stereocenters. The summed E-state index contributed by atoms with van der Waals surface area (Å²) in [6, 6.07) is 0. The van der Waals surface area contributed by atoms with Crippen LogP contribution in [0.15, 0.2) is 0 Å². The van der Waals surface area contributed by atoms with Crippen LogP contribution in [0.4, 0.5) is 0 Å². The molecule has 0 aliphatic carbocycles. The zero-order valence-electron chi connectivity index (χ0n) is 11.2. The summed E-state index contributed by atoms with van der Waals surface area (Å²) in [5, 5.41) is 6.93. The van der Waals surface area contributed by atoms with E-state index in [1.165, 1.54) is 64.7 Å². The first kappa shape index (κ1) is 13.4. The second-order valence-corrected chi connectivity index (χ2v) is 5.91. The van der Waals surface area contributed by atoms with Gasteiger partial charge in [-0.3, -0.25) is 0 Å². The number of nitrogens with one attached hydrogen (secondary N) is 2. The smallest absolute Gasteiger partial charge is 0.00462 e. The summed E-state index contributed by atoms with van der Waals surface area (Å²) in [7, 11) is 0. The summed E-state index contributed by atoms with van der Waals surface area (Å²) in [6.07, 6.45) is 9.59. The van der Waals surface area contributed by atoms with Gasteiger partial charge in [0.15, 0.2) is 0 Å². The van der Waals surface area contributed by atoms with Crippen LogP contribution in [0.3, 0.4) is 0 Å². The summed E-state index contributed by atoms with van der Waals surface area (Å²) in [5.74, 6) is 2.84. The van der Waals surface area contributed by atoms with Crippen LogP contribution in [0, 0.1) is 24.7 Å². The monoisotopic (exact) mass is 237 g/mol. The molecule has 99 valence electrons. The lowest BCUT2D eigenvalue weighted by atomic mass is 9.78. The summed E-state index contributed by atoms with van der Waals surface area (Å²) in [5.41, 5.74) is 0. The van der Waals surface area contributed by atoms with Gasteiger partial charge in [-0.15, -0.1) is 0 Å². The molecule has 0 spiro atoms. The molecule has 0 aromatic rings. The maximum atomic E-state index is 4.19. The van der Waals surface area contributed by atoms with Crippen molar-refractivity contribution in [2.45, 2.75) is 44.9 Å². The van der Waals surface area contributed by atoms with E-state index in [0.29, 0.717) is 0 Å². The minimum atomic E-state index is 0.895. The van der Waals surface area contributed by atoms with E-state index in [-0.39, 0.29) is 0 Å². The summed E-state index contributed by atoms with van der Waals surface area (Å²) < 4.78 is 0. The van der Waals surface area contributed by atoms with Crippen molar-refractivity contribution in [1.82, 2.24) is 10.6 Å². The van der Waals surface area contributed by atoms with Gasteiger partial charge in [-0.2, -0.15) is 0 Å². The molecule has 2 saturated heterocycles. The van der Waals surface area contributed by atoms with Crippen LogP contribution in [0.25, 0.3) is 0 Å². The van der Waals surface area contributed by atoms with Gasteiger partial charge in [0.2, 0.25) is 0 Å². The standard InChI is InChI=1S/C15H29N2/c1-2-14(15-7-11-17-12-8-15)4-3-13-5-9-16-10-6-13/h13-17H,1-12H2. The quantitative estimate of drug-likeness (QED) is 0.768. The van der Waals surface area contributed by atoms with Crippen LogP contribution in [0.1, 0.15) is 44.9 Å². The minimum Gasteiger partial charge on any atom is -0.317 e. The lowest BCUT2D eigenvalue weighted by Gasteiger charge is -2.32. The molecule has 0 amide bonds. The third-order valence-corrected chi connectivity index (χ3v) is 4.83. The second-order valence-electron chi connectivity index (χ2n) is 5.91. The van der Waals surface area contributed by atoms with Crippen molar-refractivity contribution in [2.75, 3.05) is 26.2 Å². The third kappa shape index (κ3) is 4.26. The zero-order valence-corrected chi connectivity index (χ0v) is 11.2. The molecule has 0 saturated carbocycles. The van der Waals surface area contributed by atoms with Gasteiger partial charge in [-0.05, 0) is 76.0 Å². The van der Waals surface area contributed by atoms with Crippen LogP contribution in [-0.2, 0) is 0 Å². The molecule has 2 heteroatoms. The third-order valence-electron chi connectivity index (χ3n) is 4.83. The van der Waals surface area contributed by atoms with Crippen LogP contribution >= 0.6 is 0 Å². The van der Waals surface area contributed by atoms with E-state index < -0.39 is 0 Å². The lowest BCUT2D eigenvalue weighted by molar-refractivity contribution is 0.223. The molecule has 2 heterocycles. The van der Waals surface area contributed by atoms with Crippen molar-refractivity contribution in [1.29, 1.82) is 0 Å². The minimum absolute atomic E-state index is 0.895. The van der Waals surface area contributed by atoms with Gasteiger partial charge in [0.05, 0.1) is 0 Å². The van der Waals surface area contributed by atoms with Gasteiger partial charge in [-0.1, -0.05) is 19.8 Å². The largest absolute Gasteiger partial charge is 0.317 e. The van der Waals surface area contributed by atoms with E-state index in [1.54, 1.807) is 0 Å².